The van der Waals surface area contributed by atoms with Gasteiger partial charge in [0.05, 0.1) is 0 Å². The molecule has 0 aromatic rings. The summed E-state index contributed by atoms with van der Waals surface area (Å²) in [5, 5.41) is 0. The van der Waals surface area contributed by atoms with E-state index in [1.165, 1.54) is 25.7 Å². The third kappa shape index (κ3) is 11.5. The molecule has 0 aliphatic rings. The minimum Gasteiger partial charge on any atom is -0.344 e. The summed E-state index contributed by atoms with van der Waals surface area (Å²) in [6, 6.07) is 0. The quantitative estimate of drug-likeness (QED) is 0.583. The predicted molar refractivity (Wildman–Crippen MR) is 44.0 cm³/mol. The van der Waals surface area contributed by atoms with Crippen molar-refractivity contribution in [1.82, 2.24) is 6.15 Å². The van der Waals surface area contributed by atoms with E-state index < -0.39 is 0 Å². The molecule has 0 fully saturated rings. The number of unbranched alkanes of at least 4 members (excludes halogenated alkanes) is 2. The Bertz CT molecular complexity index is 41.8. The predicted octanol–water partition coefficient (Wildman–Crippen LogP) is 3.38. The van der Waals surface area contributed by atoms with Gasteiger partial charge in [-0.15, -0.1) is 0 Å². The highest BCUT2D eigenvalue weighted by Gasteiger charge is 1.90. The van der Waals surface area contributed by atoms with E-state index in [9.17, 15) is 0 Å². The first-order valence-corrected chi connectivity index (χ1v) is 3.77. The summed E-state index contributed by atoms with van der Waals surface area (Å²) in [6.45, 7) is 6.83. The normalized spacial score (nSPS) is 9.33. The van der Waals surface area contributed by atoms with Gasteiger partial charge in [-0.2, -0.15) is 0 Å². The van der Waals surface area contributed by atoms with Crippen LogP contribution in [0.15, 0.2) is 0 Å². The van der Waals surface area contributed by atoms with Crippen molar-refractivity contribution in [3.63, 3.8) is 0 Å². The van der Waals surface area contributed by atoms with Gasteiger partial charge in [0.15, 0.2) is 0 Å². The third-order valence-electron chi connectivity index (χ3n) is 1.39. The second-order valence-electron chi connectivity index (χ2n) is 2.89. The first-order chi connectivity index (χ1) is 3.77. The van der Waals surface area contributed by atoms with Gasteiger partial charge in [0.2, 0.25) is 0 Å². The molecule has 0 bridgehead atoms. The van der Waals surface area contributed by atoms with E-state index in [1.807, 2.05) is 0 Å². The maximum Gasteiger partial charge on any atom is -0.0471 e. The molecule has 58 valence electrons. The number of hydrogen-bond donors (Lipinski definition) is 1. The maximum atomic E-state index is 2.29. The highest BCUT2D eigenvalue weighted by atomic mass is 14.0. The van der Waals surface area contributed by atoms with Crippen LogP contribution in [0.3, 0.4) is 0 Å². The van der Waals surface area contributed by atoms with Gasteiger partial charge in [-0.25, -0.2) is 0 Å². The standard InChI is InChI=1S/C8H18.H3N/c1-4-5-6-7-8(2)3;/h8H,4-7H2,1-3H3;1H3. The van der Waals surface area contributed by atoms with Crippen LogP contribution in [0.4, 0.5) is 0 Å². The lowest BCUT2D eigenvalue weighted by Gasteiger charge is -2.00. The minimum absolute atomic E-state index is 0. The van der Waals surface area contributed by atoms with Gasteiger partial charge in [0.1, 0.15) is 0 Å². The molecular weight excluding hydrogens is 110 g/mol. The summed E-state index contributed by atoms with van der Waals surface area (Å²) in [7, 11) is 0. The number of rotatable bonds is 4. The highest BCUT2D eigenvalue weighted by molar-refractivity contribution is 4.44. The van der Waals surface area contributed by atoms with Crippen LogP contribution in [0.1, 0.15) is 46.5 Å². The van der Waals surface area contributed by atoms with E-state index in [0.717, 1.165) is 5.92 Å². The molecule has 0 amide bonds. The average molecular weight is 131 g/mol. The van der Waals surface area contributed by atoms with E-state index in [0.29, 0.717) is 0 Å². The lowest BCUT2D eigenvalue weighted by Crippen LogP contribution is -1.85. The van der Waals surface area contributed by atoms with Gasteiger partial charge in [0, 0.05) is 0 Å². The molecule has 0 heterocycles. The van der Waals surface area contributed by atoms with E-state index in [-0.39, 0.29) is 6.15 Å². The highest BCUT2D eigenvalue weighted by Crippen LogP contribution is 2.06. The van der Waals surface area contributed by atoms with E-state index >= 15 is 0 Å². The minimum atomic E-state index is 0. The monoisotopic (exact) mass is 131 g/mol. The van der Waals surface area contributed by atoms with Crippen LogP contribution in [0.25, 0.3) is 0 Å². The zero-order chi connectivity index (χ0) is 6.41. The third-order valence-corrected chi connectivity index (χ3v) is 1.39. The van der Waals surface area contributed by atoms with Crippen LogP contribution >= 0.6 is 0 Å². The van der Waals surface area contributed by atoms with Crippen molar-refractivity contribution in [3.8, 4) is 0 Å². The largest absolute Gasteiger partial charge is 0.344 e. The Labute approximate surface area is 59.4 Å². The smallest absolute Gasteiger partial charge is 0.0471 e. The molecule has 0 unspecified atom stereocenters. The first kappa shape index (κ1) is 11.7. The van der Waals surface area contributed by atoms with Crippen LogP contribution in [0, 0.1) is 5.92 Å². The molecule has 0 rings (SSSR count). The fourth-order valence-corrected chi connectivity index (χ4v) is 0.803. The SMILES string of the molecule is CCCCCC(C)C.N. The topological polar surface area (TPSA) is 35.0 Å². The Balaban J connectivity index is 0. The van der Waals surface area contributed by atoms with Crippen molar-refractivity contribution in [2.24, 2.45) is 5.92 Å². The fraction of sp³-hybridized carbons (Fsp3) is 1.00. The van der Waals surface area contributed by atoms with E-state index in [2.05, 4.69) is 20.8 Å². The molecule has 0 saturated carbocycles. The van der Waals surface area contributed by atoms with Crippen molar-refractivity contribution < 1.29 is 0 Å². The summed E-state index contributed by atoms with van der Waals surface area (Å²) in [4.78, 5) is 0. The lowest BCUT2D eigenvalue weighted by molar-refractivity contribution is 0.534. The number of hydrogen-bond acceptors (Lipinski definition) is 1. The molecule has 0 radical (unpaired) electrons. The molecule has 1 nitrogen and oxygen atoms in total. The summed E-state index contributed by atoms with van der Waals surface area (Å²) < 4.78 is 0. The molecule has 0 aliphatic carbocycles. The van der Waals surface area contributed by atoms with Crippen molar-refractivity contribution in [2.75, 3.05) is 0 Å². The molecule has 0 aliphatic heterocycles. The second kappa shape index (κ2) is 7.96. The zero-order valence-electron chi connectivity index (χ0n) is 7.11. The molecule has 0 saturated heterocycles. The summed E-state index contributed by atoms with van der Waals surface area (Å²) in [5.74, 6) is 0.904. The van der Waals surface area contributed by atoms with Gasteiger partial charge < -0.3 is 6.15 Å². The maximum absolute atomic E-state index is 2.29. The fourth-order valence-electron chi connectivity index (χ4n) is 0.803. The molecule has 0 atom stereocenters. The molecule has 0 spiro atoms. The van der Waals surface area contributed by atoms with Crippen molar-refractivity contribution in [3.05, 3.63) is 0 Å². The van der Waals surface area contributed by atoms with E-state index in [1.54, 1.807) is 0 Å². The Hall–Kier alpha value is -0.0400. The van der Waals surface area contributed by atoms with Gasteiger partial charge in [-0.1, -0.05) is 46.5 Å². The van der Waals surface area contributed by atoms with Crippen LogP contribution in [0.2, 0.25) is 0 Å². The van der Waals surface area contributed by atoms with E-state index in [4.69, 9.17) is 0 Å². The molecule has 1 heteroatoms. The van der Waals surface area contributed by atoms with Gasteiger partial charge in [0.25, 0.3) is 0 Å². The summed E-state index contributed by atoms with van der Waals surface area (Å²) in [5.41, 5.74) is 0. The molecular formula is C8H21N. The second-order valence-corrected chi connectivity index (χ2v) is 2.89. The molecule has 0 aromatic heterocycles. The summed E-state index contributed by atoms with van der Waals surface area (Å²) in [6.07, 6.45) is 5.60. The van der Waals surface area contributed by atoms with Crippen molar-refractivity contribution >= 4 is 0 Å². The molecule has 0 aromatic carbocycles. The lowest BCUT2D eigenvalue weighted by atomic mass is 10.1. The summed E-state index contributed by atoms with van der Waals surface area (Å²) >= 11 is 0. The van der Waals surface area contributed by atoms with Gasteiger partial charge >= 0.3 is 0 Å². The van der Waals surface area contributed by atoms with Crippen molar-refractivity contribution in [1.29, 1.82) is 0 Å². The molecule has 3 N–H and O–H groups in total. The Morgan fingerprint density at radius 1 is 1.11 bits per heavy atom. The zero-order valence-corrected chi connectivity index (χ0v) is 7.11. The Morgan fingerprint density at radius 3 is 2.00 bits per heavy atom. The van der Waals surface area contributed by atoms with Gasteiger partial charge in [-0.05, 0) is 5.92 Å². The van der Waals surface area contributed by atoms with Crippen LogP contribution < -0.4 is 6.15 Å². The average Bonchev–Trinajstić information content (AvgIpc) is 1.66. The van der Waals surface area contributed by atoms with Gasteiger partial charge in [-0.3, -0.25) is 0 Å². The van der Waals surface area contributed by atoms with Crippen LogP contribution in [-0.2, 0) is 0 Å². The Morgan fingerprint density at radius 2 is 1.67 bits per heavy atom. The first-order valence-electron chi connectivity index (χ1n) is 3.77. The van der Waals surface area contributed by atoms with Crippen LogP contribution in [-0.4, -0.2) is 0 Å². The van der Waals surface area contributed by atoms with Crippen LogP contribution in [0.5, 0.6) is 0 Å². The Kier molecular flexibility index (Phi) is 10.4. The van der Waals surface area contributed by atoms with Crippen molar-refractivity contribution in [2.45, 2.75) is 46.5 Å². The molecule has 9 heavy (non-hydrogen) atoms.